The van der Waals surface area contributed by atoms with E-state index in [1.54, 1.807) is 0 Å². The highest BCUT2D eigenvalue weighted by Gasteiger charge is 2.30. The number of H-pyrrole nitrogens is 1. The predicted octanol–water partition coefficient (Wildman–Crippen LogP) is 2.96. The number of rotatable bonds is 4. The van der Waals surface area contributed by atoms with E-state index in [1.165, 1.54) is 19.3 Å². The third-order valence-electron chi connectivity index (χ3n) is 5.50. The summed E-state index contributed by atoms with van der Waals surface area (Å²) in [6.45, 7) is 7.57. The van der Waals surface area contributed by atoms with Crippen LogP contribution >= 0.6 is 0 Å². The molecule has 1 aromatic heterocycles. The number of hydrogen-bond donors (Lipinski definition) is 2. The molecule has 0 unspecified atom stereocenters. The first-order chi connectivity index (χ1) is 12.6. The van der Waals surface area contributed by atoms with E-state index >= 15 is 0 Å². The van der Waals surface area contributed by atoms with E-state index in [9.17, 15) is 4.79 Å². The smallest absolute Gasteiger partial charge is 0.269 e. The molecule has 2 aliphatic rings. The van der Waals surface area contributed by atoms with Gasteiger partial charge in [0.15, 0.2) is 0 Å². The molecule has 1 amide bonds. The van der Waals surface area contributed by atoms with Gasteiger partial charge in [0, 0.05) is 23.2 Å². The van der Waals surface area contributed by atoms with E-state index in [-0.39, 0.29) is 11.4 Å². The van der Waals surface area contributed by atoms with Crippen LogP contribution in [-0.2, 0) is 6.61 Å². The molecule has 1 saturated heterocycles. The Morgan fingerprint density at radius 3 is 2.85 bits per heavy atom. The average Bonchev–Trinajstić information content (AvgIpc) is 3.11. The van der Waals surface area contributed by atoms with Crippen molar-refractivity contribution in [1.82, 2.24) is 20.4 Å². The van der Waals surface area contributed by atoms with Gasteiger partial charge < -0.3 is 10.1 Å². The van der Waals surface area contributed by atoms with Crippen LogP contribution in [0.3, 0.4) is 0 Å². The van der Waals surface area contributed by atoms with Gasteiger partial charge in [-0.1, -0.05) is 18.6 Å². The molecule has 0 aliphatic carbocycles. The number of nitrogens with one attached hydrogen (secondary N) is 2. The lowest BCUT2D eigenvalue weighted by Crippen LogP contribution is -2.53. The summed E-state index contributed by atoms with van der Waals surface area (Å²) in [6, 6.07) is 7.78. The molecule has 0 radical (unpaired) electrons. The lowest BCUT2D eigenvalue weighted by atomic mass is 9.98. The van der Waals surface area contributed by atoms with Crippen LogP contribution in [-0.4, -0.2) is 46.2 Å². The highest BCUT2D eigenvalue weighted by molar-refractivity contribution is 5.96. The second kappa shape index (κ2) is 6.76. The number of piperidine rings is 1. The number of amides is 1. The first kappa shape index (κ1) is 17.1. The van der Waals surface area contributed by atoms with E-state index in [4.69, 9.17) is 4.74 Å². The third-order valence-corrected chi connectivity index (χ3v) is 5.50. The number of hydrogen-bond acceptors (Lipinski definition) is 4. The van der Waals surface area contributed by atoms with Crippen LogP contribution in [0, 0.1) is 0 Å². The summed E-state index contributed by atoms with van der Waals surface area (Å²) in [7, 11) is 0. The van der Waals surface area contributed by atoms with Crippen LogP contribution in [0.5, 0.6) is 5.75 Å². The van der Waals surface area contributed by atoms with Crippen LogP contribution in [0.2, 0.25) is 0 Å². The van der Waals surface area contributed by atoms with E-state index in [0.29, 0.717) is 18.8 Å². The van der Waals surface area contributed by atoms with Crippen molar-refractivity contribution in [2.75, 3.05) is 19.6 Å². The fourth-order valence-corrected chi connectivity index (χ4v) is 3.85. The first-order valence-electron chi connectivity index (χ1n) is 9.39. The molecule has 1 aromatic carbocycles. The number of carbonyl (C=O) groups excluding carboxylic acids is 1. The fourth-order valence-electron chi connectivity index (χ4n) is 3.85. The van der Waals surface area contributed by atoms with Gasteiger partial charge in [-0.25, -0.2) is 0 Å². The van der Waals surface area contributed by atoms with Gasteiger partial charge in [-0.05, 0) is 51.9 Å². The Bertz CT molecular complexity index is 806. The molecule has 0 spiro atoms. The number of fused-ring (bicyclic) bond motifs is 3. The molecule has 26 heavy (non-hydrogen) atoms. The summed E-state index contributed by atoms with van der Waals surface area (Å²) >= 11 is 0. The SMILES string of the molecule is CC(C)(CNC(=O)c1[nH]nc2c1COc1ccccc1-2)N1CCCCC1. The molecular weight excluding hydrogens is 328 g/mol. The average molecular weight is 354 g/mol. The quantitative estimate of drug-likeness (QED) is 0.886. The van der Waals surface area contributed by atoms with Gasteiger partial charge in [-0.3, -0.25) is 14.8 Å². The van der Waals surface area contributed by atoms with Crippen LogP contribution in [0.1, 0.15) is 49.2 Å². The highest BCUT2D eigenvalue weighted by atomic mass is 16.5. The number of carbonyl (C=O) groups is 1. The molecule has 6 nitrogen and oxygen atoms in total. The number of nitrogens with zero attached hydrogens (tertiary/aromatic N) is 2. The summed E-state index contributed by atoms with van der Waals surface area (Å²) in [5.74, 6) is 0.691. The van der Waals surface area contributed by atoms with Crippen molar-refractivity contribution in [3.63, 3.8) is 0 Å². The molecule has 6 heteroatoms. The van der Waals surface area contributed by atoms with Crippen LogP contribution in [0.4, 0.5) is 0 Å². The lowest BCUT2D eigenvalue weighted by Gasteiger charge is -2.41. The van der Waals surface area contributed by atoms with E-state index < -0.39 is 0 Å². The van der Waals surface area contributed by atoms with Crippen LogP contribution in [0.25, 0.3) is 11.3 Å². The third kappa shape index (κ3) is 3.09. The molecule has 3 heterocycles. The largest absolute Gasteiger partial charge is 0.488 e. The summed E-state index contributed by atoms with van der Waals surface area (Å²) in [4.78, 5) is 15.2. The Morgan fingerprint density at radius 1 is 1.27 bits per heavy atom. The van der Waals surface area contributed by atoms with Gasteiger partial charge in [0.25, 0.3) is 5.91 Å². The molecule has 2 N–H and O–H groups in total. The van der Waals surface area contributed by atoms with E-state index in [0.717, 1.165) is 35.7 Å². The molecular formula is C20H26N4O2. The molecule has 2 aromatic rings. The molecule has 0 saturated carbocycles. The minimum Gasteiger partial charge on any atom is -0.488 e. The zero-order valence-corrected chi connectivity index (χ0v) is 15.5. The van der Waals surface area contributed by atoms with Crippen LogP contribution in [0.15, 0.2) is 24.3 Å². The van der Waals surface area contributed by atoms with E-state index in [2.05, 4.69) is 34.3 Å². The molecule has 0 bridgehead atoms. The normalized spacial score (nSPS) is 17.2. The lowest BCUT2D eigenvalue weighted by molar-refractivity contribution is 0.0793. The Hall–Kier alpha value is -2.34. The van der Waals surface area contributed by atoms with Crippen LogP contribution < -0.4 is 10.1 Å². The number of benzene rings is 1. The fraction of sp³-hybridized carbons (Fsp3) is 0.500. The Morgan fingerprint density at radius 2 is 2.04 bits per heavy atom. The van der Waals surface area contributed by atoms with Gasteiger partial charge in [0.05, 0.1) is 0 Å². The van der Waals surface area contributed by atoms with Gasteiger partial charge in [-0.2, -0.15) is 5.10 Å². The molecule has 4 rings (SSSR count). The number of aromatic nitrogens is 2. The molecule has 1 fully saturated rings. The number of likely N-dealkylation sites (tertiary alicyclic amines) is 1. The Kier molecular flexibility index (Phi) is 4.44. The first-order valence-corrected chi connectivity index (χ1v) is 9.39. The maximum Gasteiger partial charge on any atom is 0.269 e. The van der Waals surface area contributed by atoms with Crippen molar-refractivity contribution >= 4 is 5.91 Å². The van der Waals surface area contributed by atoms with Gasteiger partial charge >= 0.3 is 0 Å². The molecule has 0 atom stereocenters. The van der Waals surface area contributed by atoms with Gasteiger partial charge in [0.2, 0.25) is 0 Å². The maximum atomic E-state index is 12.8. The summed E-state index contributed by atoms with van der Waals surface area (Å²) in [5, 5.41) is 10.4. The predicted molar refractivity (Wildman–Crippen MR) is 100 cm³/mol. The number of aromatic amines is 1. The van der Waals surface area contributed by atoms with Gasteiger partial charge in [-0.15, -0.1) is 0 Å². The second-order valence-corrected chi connectivity index (χ2v) is 7.75. The Balaban J connectivity index is 1.48. The zero-order valence-electron chi connectivity index (χ0n) is 15.5. The highest BCUT2D eigenvalue weighted by Crippen LogP contribution is 2.36. The van der Waals surface area contributed by atoms with Crippen molar-refractivity contribution < 1.29 is 9.53 Å². The van der Waals surface area contributed by atoms with Crippen molar-refractivity contribution in [3.05, 3.63) is 35.5 Å². The second-order valence-electron chi connectivity index (χ2n) is 7.75. The summed E-state index contributed by atoms with van der Waals surface area (Å²) in [5.41, 5.74) is 3.02. The van der Waals surface area contributed by atoms with Crippen molar-refractivity contribution in [2.24, 2.45) is 0 Å². The summed E-state index contributed by atoms with van der Waals surface area (Å²) < 4.78 is 5.79. The molecule has 138 valence electrons. The summed E-state index contributed by atoms with van der Waals surface area (Å²) in [6.07, 6.45) is 3.78. The maximum absolute atomic E-state index is 12.8. The number of para-hydroxylation sites is 1. The van der Waals surface area contributed by atoms with Gasteiger partial charge in [0.1, 0.15) is 23.7 Å². The standard InChI is InChI=1S/C20H26N4O2/c1-20(2,24-10-6-3-7-11-24)13-21-19(25)18-15-12-26-16-9-5-4-8-14(16)17(15)22-23-18/h4-5,8-9H,3,6-7,10-13H2,1-2H3,(H,21,25)(H,22,23). The zero-order chi connectivity index (χ0) is 18.1. The van der Waals surface area contributed by atoms with Crippen molar-refractivity contribution in [3.8, 4) is 17.0 Å². The van der Waals surface area contributed by atoms with Crippen molar-refractivity contribution in [1.29, 1.82) is 0 Å². The van der Waals surface area contributed by atoms with Crippen molar-refractivity contribution in [2.45, 2.75) is 45.3 Å². The minimum atomic E-state index is -0.119. The number of ether oxygens (including phenoxy) is 1. The molecule has 2 aliphatic heterocycles. The Labute approximate surface area is 153 Å². The monoisotopic (exact) mass is 354 g/mol. The topological polar surface area (TPSA) is 70.2 Å². The minimum absolute atomic E-state index is 0.0563. The van der Waals surface area contributed by atoms with E-state index in [1.807, 2.05) is 24.3 Å².